The highest BCUT2D eigenvalue weighted by molar-refractivity contribution is 5.66. The van der Waals surface area contributed by atoms with E-state index in [2.05, 4.69) is 5.10 Å². The molecule has 17 heavy (non-hydrogen) atoms. The molecule has 1 N–H and O–H groups in total. The van der Waals surface area contributed by atoms with E-state index in [1.807, 2.05) is 0 Å². The second-order valence-corrected chi connectivity index (χ2v) is 3.55. The first-order chi connectivity index (χ1) is 7.89. The number of alkyl halides is 3. The first kappa shape index (κ1) is 11.5. The molecule has 0 atom stereocenters. The van der Waals surface area contributed by atoms with Gasteiger partial charge in [-0.1, -0.05) is 12.1 Å². The molecular formula is C11H9F3N2O. The maximum atomic E-state index is 12.6. The fraction of sp³-hybridized carbons (Fsp3) is 0.182. The lowest BCUT2D eigenvalue weighted by Crippen LogP contribution is -2.11. The number of aromatic nitrogens is 2. The summed E-state index contributed by atoms with van der Waals surface area (Å²) in [6.45, 7) is 0. The Morgan fingerprint density at radius 3 is 2.41 bits per heavy atom. The number of hydrogen-bond acceptors (Lipinski definition) is 2. The number of halogens is 3. The van der Waals surface area contributed by atoms with Gasteiger partial charge < -0.3 is 5.11 Å². The minimum Gasteiger partial charge on any atom is -0.507 e. The highest BCUT2D eigenvalue weighted by Crippen LogP contribution is 2.34. The van der Waals surface area contributed by atoms with Crippen LogP contribution in [0.25, 0.3) is 11.3 Å². The summed E-state index contributed by atoms with van der Waals surface area (Å²) >= 11 is 0. The molecule has 0 spiro atoms. The molecule has 0 aliphatic carbocycles. The Hall–Kier alpha value is -1.98. The van der Waals surface area contributed by atoms with Gasteiger partial charge in [-0.15, -0.1) is 0 Å². The number of benzene rings is 1. The quantitative estimate of drug-likeness (QED) is 0.835. The maximum absolute atomic E-state index is 12.6. The summed E-state index contributed by atoms with van der Waals surface area (Å²) in [6, 6.07) is 7.04. The first-order valence-corrected chi connectivity index (χ1v) is 4.79. The average molecular weight is 242 g/mol. The molecule has 90 valence electrons. The van der Waals surface area contributed by atoms with Gasteiger partial charge in [0.25, 0.3) is 0 Å². The van der Waals surface area contributed by atoms with E-state index in [9.17, 15) is 18.3 Å². The Labute approximate surface area is 95.1 Å². The number of phenolic OH excluding ortho intramolecular Hbond substituents is 1. The molecule has 2 aromatic rings. The summed E-state index contributed by atoms with van der Waals surface area (Å²) in [5, 5.41) is 13.3. The third-order valence-electron chi connectivity index (χ3n) is 2.35. The Kier molecular flexibility index (Phi) is 2.57. The molecule has 0 saturated heterocycles. The number of aromatic hydroxyl groups is 1. The van der Waals surface area contributed by atoms with Gasteiger partial charge in [0.1, 0.15) is 11.4 Å². The molecule has 6 heteroatoms. The van der Waals surface area contributed by atoms with Crippen molar-refractivity contribution in [2.24, 2.45) is 7.05 Å². The van der Waals surface area contributed by atoms with E-state index in [4.69, 9.17) is 0 Å². The predicted octanol–water partition coefficient (Wildman–Crippen LogP) is 2.81. The van der Waals surface area contributed by atoms with Gasteiger partial charge in [0.2, 0.25) is 0 Å². The van der Waals surface area contributed by atoms with Crippen molar-refractivity contribution in [3.63, 3.8) is 0 Å². The molecule has 0 saturated carbocycles. The lowest BCUT2D eigenvalue weighted by molar-refractivity contribution is -0.143. The van der Waals surface area contributed by atoms with Crippen LogP contribution in [0.2, 0.25) is 0 Å². The van der Waals surface area contributed by atoms with E-state index in [0.717, 1.165) is 10.7 Å². The number of hydrogen-bond donors (Lipinski definition) is 1. The van der Waals surface area contributed by atoms with Gasteiger partial charge in [-0.3, -0.25) is 4.68 Å². The molecule has 0 aliphatic heterocycles. The molecule has 0 unspecified atom stereocenters. The molecule has 0 fully saturated rings. The van der Waals surface area contributed by atoms with Crippen molar-refractivity contribution >= 4 is 0 Å². The number of phenols is 1. The molecule has 1 aromatic carbocycles. The normalized spacial score (nSPS) is 11.8. The van der Waals surface area contributed by atoms with Gasteiger partial charge in [-0.05, 0) is 18.2 Å². The SMILES string of the molecule is Cn1nc(-c2ccccc2O)cc1C(F)(F)F. The largest absolute Gasteiger partial charge is 0.507 e. The maximum Gasteiger partial charge on any atom is 0.433 e. The van der Waals surface area contributed by atoms with Crippen LogP contribution in [-0.2, 0) is 13.2 Å². The van der Waals surface area contributed by atoms with Crippen molar-refractivity contribution in [1.29, 1.82) is 0 Å². The fourth-order valence-corrected chi connectivity index (χ4v) is 1.55. The predicted molar refractivity (Wildman–Crippen MR) is 55.3 cm³/mol. The van der Waals surface area contributed by atoms with E-state index in [1.54, 1.807) is 12.1 Å². The Balaban J connectivity index is 2.53. The van der Waals surface area contributed by atoms with Gasteiger partial charge in [0.15, 0.2) is 0 Å². The second kappa shape index (κ2) is 3.80. The summed E-state index contributed by atoms with van der Waals surface area (Å²) in [6.07, 6.45) is -4.45. The van der Waals surface area contributed by atoms with Gasteiger partial charge in [-0.25, -0.2) is 0 Å². The van der Waals surface area contributed by atoms with Crippen molar-refractivity contribution in [3.05, 3.63) is 36.0 Å². The van der Waals surface area contributed by atoms with Gasteiger partial charge in [0, 0.05) is 12.6 Å². The molecule has 0 amide bonds. The zero-order valence-corrected chi connectivity index (χ0v) is 8.86. The summed E-state index contributed by atoms with van der Waals surface area (Å²) < 4.78 is 38.4. The van der Waals surface area contributed by atoms with E-state index in [-0.39, 0.29) is 17.0 Å². The van der Waals surface area contributed by atoms with Crippen LogP contribution in [0.5, 0.6) is 5.75 Å². The Bertz CT molecular complexity index is 546. The Morgan fingerprint density at radius 1 is 1.24 bits per heavy atom. The first-order valence-electron chi connectivity index (χ1n) is 4.79. The van der Waals surface area contributed by atoms with E-state index >= 15 is 0 Å². The summed E-state index contributed by atoms with van der Waals surface area (Å²) in [5.74, 6) is -0.0978. The average Bonchev–Trinajstić information content (AvgIpc) is 2.60. The second-order valence-electron chi connectivity index (χ2n) is 3.55. The van der Waals surface area contributed by atoms with Crippen LogP contribution >= 0.6 is 0 Å². The van der Waals surface area contributed by atoms with Crippen LogP contribution in [0.15, 0.2) is 30.3 Å². The highest BCUT2D eigenvalue weighted by atomic mass is 19.4. The number of rotatable bonds is 1. The molecule has 1 heterocycles. The van der Waals surface area contributed by atoms with Crippen molar-refractivity contribution < 1.29 is 18.3 Å². The third kappa shape index (κ3) is 2.11. The molecule has 0 aliphatic rings. The molecular weight excluding hydrogens is 233 g/mol. The van der Waals surface area contributed by atoms with Crippen molar-refractivity contribution in [2.75, 3.05) is 0 Å². The highest BCUT2D eigenvalue weighted by Gasteiger charge is 2.35. The van der Waals surface area contributed by atoms with Gasteiger partial charge >= 0.3 is 6.18 Å². The van der Waals surface area contributed by atoms with Gasteiger partial charge in [-0.2, -0.15) is 18.3 Å². The number of aryl methyl sites for hydroxylation is 1. The number of nitrogens with zero attached hydrogens (tertiary/aromatic N) is 2. The molecule has 0 bridgehead atoms. The van der Waals surface area contributed by atoms with Crippen molar-refractivity contribution in [2.45, 2.75) is 6.18 Å². The van der Waals surface area contributed by atoms with Crippen LogP contribution in [0.1, 0.15) is 5.69 Å². The molecule has 3 nitrogen and oxygen atoms in total. The standard InChI is InChI=1S/C11H9F3N2O/c1-16-10(11(12,13)14)6-8(15-16)7-4-2-3-5-9(7)17/h2-6,17H,1H3. The van der Waals surface area contributed by atoms with Crippen LogP contribution in [0, 0.1) is 0 Å². The smallest absolute Gasteiger partial charge is 0.433 e. The van der Waals surface area contributed by atoms with Gasteiger partial charge in [0.05, 0.1) is 5.69 Å². The summed E-state index contributed by atoms with van der Waals surface area (Å²) in [5.41, 5.74) is -0.479. The lowest BCUT2D eigenvalue weighted by atomic mass is 10.1. The molecule has 1 aromatic heterocycles. The fourth-order valence-electron chi connectivity index (χ4n) is 1.55. The minimum atomic E-state index is -4.45. The van der Waals surface area contributed by atoms with E-state index in [1.165, 1.54) is 19.2 Å². The lowest BCUT2D eigenvalue weighted by Gasteiger charge is -2.04. The summed E-state index contributed by atoms with van der Waals surface area (Å²) in [7, 11) is 1.21. The van der Waals surface area contributed by atoms with Crippen LogP contribution < -0.4 is 0 Å². The topological polar surface area (TPSA) is 38.0 Å². The zero-order chi connectivity index (χ0) is 12.6. The minimum absolute atomic E-state index is 0.0953. The van der Waals surface area contributed by atoms with Crippen LogP contribution in [-0.4, -0.2) is 14.9 Å². The Morgan fingerprint density at radius 2 is 1.88 bits per heavy atom. The summed E-state index contributed by atoms with van der Waals surface area (Å²) in [4.78, 5) is 0. The van der Waals surface area contributed by atoms with E-state index < -0.39 is 11.9 Å². The molecule has 0 radical (unpaired) electrons. The van der Waals surface area contributed by atoms with Crippen LogP contribution in [0.3, 0.4) is 0 Å². The van der Waals surface area contributed by atoms with E-state index in [0.29, 0.717) is 0 Å². The van der Waals surface area contributed by atoms with Crippen molar-refractivity contribution in [1.82, 2.24) is 9.78 Å². The monoisotopic (exact) mass is 242 g/mol. The number of para-hydroxylation sites is 1. The third-order valence-corrected chi connectivity index (χ3v) is 2.35. The molecule has 2 rings (SSSR count). The zero-order valence-electron chi connectivity index (χ0n) is 8.86. The van der Waals surface area contributed by atoms with Crippen molar-refractivity contribution in [3.8, 4) is 17.0 Å². The van der Waals surface area contributed by atoms with Crippen LogP contribution in [0.4, 0.5) is 13.2 Å².